The second-order valence-corrected chi connectivity index (χ2v) is 7.45. The largest absolute Gasteiger partial charge is 0.396 e. The smallest absolute Gasteiger partial charge is 0.329 e. The zero-order valence-corrected chi connectivity index (χ0v) is 15.7. The summed E-state index contributed by atoms with van der Waals surface area (Å²) in [7, 11) is 0. The molecule has 144 valence electrons. The molecule has 7 heteroatoms. The second-order valence-electron chi connectivity index (χ2n) is 7.45. The quantitative estimate of drug-likeness (QED) is 0.502. The highest BCUT2D eigenvalue weighted by molar-refractivity contribution is 5.75. The average molecular weight is 377 g/mol. The molecule has 1 fully saturated rings. The molecule has 0 aliphatic heterocycles. The van der Waals surface area contributed by atoms with Crippen LogP contribution in [0.2, 0.25) is 0 Å². The molecule has 0 spiro atoms. The molecule has 5 rings (SSSR count). The van der Waals surface area contributed by atoms with Gasteiger partial charge < -0.3 is 9.51 Å². The molecule has 4 aromatic heterocycles. The summed E-state index contributed by atoms with van der Waals surface area (Å²) in [5.74, 6) is 0. The maximum atomic E-state index is 13.2. The van der Waals surface area contributed by atoms with Gasteiger partial charge in [-0.15, -0.1) is 0 Å². The summed E-state index contributed by atoms with van der Waals surface area (Å²) in [5, 5.41) is 9.15. The van der Waals surface area contributed by atoms with Gasteiger partial charge >= 0.3 is 5.69 Å². The van der Waals surface area contributed by atoms with E-state index in [1.165, 1.54) is 0 Å². The Hall–Kier alpha value is -2.93. The van der Waals surface area contributed by atoms with Crippen molar-refractivity contribution >= 4 is 16.7 Å². The number of aliphatic hydroxyl groups is 1. The number of nitrogens with zero attached hydrogens (tertiary/aromatic N) is 5. The van der Waals surface area contributed by atoms with Crippen molar-refractivity contribution in [2.24, 2.45) is 0 Å². The molecule has 28 heavy (non-hydrogen) atoms. The molecule has 1 aliphatic rings. The van der Waals surface area contributed by atoms with Crippen molar-refractivity contribution in [1.29, 1.82) is 0 Å². The average Bonchev–Trinajstić information content (AvgIpc) is 3.43. The number of pyridine rings is 2. The number of aliphatic hydroxyl groups excluding tert-OH is 1. The van der Waals surface area contributed by atoms with Crippen LogP contribution < -0.4 is 5.69 Å². The molecule has 0 saturated heterocycles. The molecule has 4 heterocycles. The third-order valence-corrected chi connectivity index (χ3v) is 5.52. The lowest BCUT2D eigenvalue weighted by Crippen LogP contribution is -2.24. The van der Waals surface area contributed by atoms with E-state index in [-0.39, 0.29) is 12.3 Å². The molecule has 0 radical (unpaired) electrons. The fourth-order valence-electron chi connectivity index (χ4n) is 4.01. The number of aryl methyl sites for hydroxylation is 1. The fourth-order valence-corrected chi connectivity index (χ4v) is 4.01. The lowest BCUT2D eigenvalue weighted by atomic mass is 10.1. The molecule has 4 aromatic rings. The first-order valence-corrected chi connectivity index (χ1v) is 9.88. The van der Waals surface area contributed by atoms with Crippen LogP contribution in [-0.2, 0) is 13.0 Å². The van der Waals surface area contributed by atoms with Crippen LogP contribution >= 0.6 is 0 Å². The van der Waals surface area contributed by atoms with Crippen molar-refractivity contribution in [2.75, 3.05) is 6.61 Å². The standard InChI is InChI=1S/C21H23N5O2/c27-12-4-2-5-17-16(23-20-6-1-3-11-24(17)20)14-25-19-13-22-10-9-18(19)26(21(25)28)15-7-8-15/h1,3,6,9-11,13,15,27H,2,4-5,7-8,12,14H2. The number of unbranched alkanes of at least 4 members (excludes halogenated alkanes) is 1. The van der Waals surface area contributed by atoms with Crippen molar-refractivity contribution in [3.63, 3.8) is 0 Å². The second kappa shape index (κ2) is 6.91. The Bertz CT molecular complexity index is 1200. The minimum atomic E-state index is 0.0175. The molecule has 0 bridgehead atoms. The van der Waals surface area contributed by atoms with Crippen LogP contribution in [0.15, 0.2) is 47.7 Å². The van der Waals surface area contributed by atoms with Gasteiger partial charge in [0.05, 0.1) is 29.5 Å². The molecule has 0 unspecified atom stereocenters. The number of rotatable bonds is 7. The van der Waals surface area contributed by atoms with Gasteiger partial charge in [0.1, 0.15) is 5.65 Å². The van der Waals surface area contributed by atoms with E-state index in [1.54, 1.807) is 17.0 Å². The van der Waals surface area contributed by atoms with Crippen molar-refractivity contribution < 1.29 is 5.11 Å². The first-order chi connectivity index (χ1) is 13.8. The van der Waals surface area contributed by atoms with Crippen LogP contribution in [0.4, 0.5) is 0 Å². The summed E-state index contributed by atoms with van der Waals surface area (Å²) < 4.78 is 5.81. The highest BCUT2D eigenvalue weighted by atomic mass is 16.2. The lowest BCUT2D eigenvalue weighted by molar-refractivity contribution is 0.284. The van der Waals surface area contributed by atoms with E-state index in [4.69, 9.17) is 10.1 Å². The van der Waals surface area contributed by atoms with Gasteiger partial charge in [0, 0.05) is 30.7 Å². The predicted octanol–water partition coefficient (Wildman–Crippen LogP) is 2.54. The van der Waals surface area contributed by atoms with E-state index >= 15 is 0 Å². The number of aromatic nitrogens is 5. The molecular formula is C21H23N5O2. The Kier molecular flexibility index (Phi) is 4.24. The van der Waals surface area contributed by atoms with Gasteiger partial charge in [0.25, 0.3) is 0 Å². The fraction of sp³-hybridized carbons (Fsp3) is 0.381. The Morgan fingerprint density at radius 2 is 2.04 bits per heavy atom. The van der Waals surface area contributed by atoms with Gasteiger partial charge in [0.15, 0.2) is 0 Å². The van der Waals surface area contributed by atoms with Gasteiger partial charge in [-0.05, 0) is 50.3 Å². The molecule has 1 N–H and O–H groups in total. The van der Waals surface area contributed by atoms with Crippen LogP contribution in [0.25, 0.3) is 16.7 Å². The number of hydrogen-bond donors (Lipinski definition) is 1. The summed E-state index contributed by atoms with van der Waals surface area (Å²) in [6.07, 6.45) is 10.1. The topological polar surface area (TPSA) is 77.3 Å². The monoisotopic (exact) mass is 377 g/mol. The Morgan fingerprint density at radius 3 is 2.86 bits per heavy atom. The van der Waals surface area contributed by atoms with Crippen molar-refractivity contribution in [1.82, 2.24) is 23.5 Å². The molecule has 0 atom stereocenters. The van der Waals surface area contributed by atoms with E-state index < -0.39 is 0 Å². The van der Waals surface area contributed by atoms with E-state index in [0.717, 1.165) is 60.2 Å². The van der Waals surface area contributed by atoms with Gasteiger partial charge in [-0.1, -0.05) is 6.07 Å². The Balaban J connectivity index is 1.62. The minimum absolute atomic E-state index is 0.0175. The third-order valence-electron chi connectivity index (χ3n) is 5.52. The maximum absolute atomic E-state index is 13.2. The van der Waals surface area contributed by atoms with E-state index in [9.17, 15) is 4.79 Å². The van der Waals surface area contributed by atoms with Gasteiger partial charge in [0.2, 0.25) is 0 Å². The summed E-state index contributed by atoms with van der Waals surface area (Å²) in [4.78, 5) is 22.3. The first-order valence-electron chi connectivity index (χ1n) is 9.88. The van der Waals surface area contributed by atoms with Crippen LogP contribution in [0.5, 0.6) is 0 Å². The van der Waals surface area contributed by atoms with E-state index in [0.29, 0.717) is 12.6 Å². The van der Waals surface area contributed by atoms with Gasteiger partial charge in [-0.2, -0.15) is 0 Å². The summed E-state index contributed by atoms with van der Waals surface area (Å²) >= 11 is 0. The van der Waals surface area contributed by atoms with Gasteiger partial charge in [-0.3, -0.25) is 14.1 Å². The van der Waals surface area contributed by atoms with Crippen LogP contribution in [0.1, 0.15) is 43.1 Å². The molecule has 1 saturated carbocycles. The summed E-state index contributed by atoms with van der Waals surface area (Å²) in [6.45, 7) is 0.614. The highest BCUT2D eigenvalue weighted by Crippen LogP contribution is 2.36. The molecular weight excluding hydrogens is 354 g/mol. The summed E-state index contributed by atoms with van der Waals surface area (Å²) in [6, 6.07) is 8.18. The first kappa shape index (κ1) is 17.2. The normalized spacial score (nSPS) is 14.3. The molecule has 0 amide bonds. The predicted molar refractivity (Wildman–Crippen MR) is 107 cm³/mol. The molecule has 1 aliphatic carbocycles. The minimum Gasteiger partial charge on any atom is -0.396 e. The Morgan fingerprint density at radius 1 is 1.14 bits per heavy atom. The van der Waals surface area contributed by atoms with Crippen molar-refractivity contribution in [3.8, 4) is 0 Å². The maximum Gasteiger partial charge on any atom is 0.329 e. The number of imidazole rings is 2. The van der Waals surface area contributed by atoms with Crippen LogP contribution in [-0.4, -0.2) is 35.2 Å². The van der Waals surface area contributed by atoms with E-state index in [2.05, 4.69) is 9.38 Å². The zero-order valence-electron chi connectivity index (χ0n) is 15.7. The number of hydrogen-bond acceptors (Lipinski definition) is 4. The van der Waals surface area contributed by atoms with Crippen molar-refractivity contribution in [3.05, 3.63) is 64.7 Å². The molecule has 7 nitrogen and oxygen atoms in total. The molecule has 0 aromatic carbocycles. The zero-order chi connectivity index (χ0) is 19.1. The van der Waals surface area contributed by atoms with Crippen LogP contribution in [0, 0.1) is 0 Å². The number of fused-ring (bicyclic) bond motifs is 2. The third kappa shape index (κ3) is 2.82. The lowest BCUT2D eigenvalue weighted by Gasteiger charge is -2.06. The SMILES string of the molecule is O=c1n(Cc2nc3ccccn3c2CCCCO)c2cnccc2n1C1CC1. The van der Waals surface area contributed by atoms with Gasteiger partial charge in [-0.25, -0.2) is 9.78 Å². The highest BCUT2D eigenvalue weighted by Gasteiger charge is 2.29. The Labute approximate surface area is 161 Å². The van der Waals surface area contributed by atoms with E-state index in [1.807, 2.05) is 35.0 Å². The van der Waals surface area contributed by atoms with Crippen molar-refractivity contribution in [2.45, 2.75) is 44.7 Å². The summed E-state index contributed by atoms with van der Waals surface area (Å²) in [5.41, 5.74) is 4.72. The van der Waals surface area contributed by atoms with Crippen LogP contribution in [0.3, 0.4) is 0 Å².